The average molecular weight is 297 g/mol. The summed E-state index contributed by atoms with van der Waals surface area (Å²) in [6.45, 7) is 1.68. The highest BCUT2D eigenvalue weighted by molar-refractivity contribution is 6.31. The summed E-state index contributed by atoms with van der Waals surface area (Å²) >= 11 is 5.93. The summed E-state index contributed by atoms with van der Waals surface area (Å²) in [4.78, 5) is 0. The van der Waals surface area contributed by atoms with Crippen LogP contribution >= 0.6 is 11.6 Å². The molecule has 0 aliphatic heterocycles. The minimum absolute atomic E-state index is 0.0894. The van der Waals surface area contributed by atoms with E-state index in [1.807, 2.05) is 0 Å². The number of halogens is 3. The van der Waals surface area contributed by atoms with Crippen molar-refractivity contribution in [3.8, 4) is 0 Å². The lowest BCUT2D eigenvalue weighted by Gasteiger charge is -2.18. The van der Waals surface area contributed by atoms with Crippen molar-refractivity contribution < 1.29 is 8.78 Å². The van der Waals surface area contributed by atoms with E-state index in [4.69, 9.17) is 17.4 Å². The number of hydrazine groups is 1. The second-order valence-electron chi connectivity index (χ2n) is 4.64. The van der Waals surface area contributed by atoms with Gasteiger partial charge < -0.3 is 0 Å². The standard InChI is InChI=1S/C15H15ClF2N2/c1-9-7-10(5-6-12(9)17)14(20-19)8-11-3-2-4-13(18)15(11)16/h2-7,14,20H,8,19H2,1H3. The van der Waals surface area contributed by atoms with E-state index in [2.05, 4.69) is 5.43 Å². The van der Waals surface area contributed by atoms with E-state index in [0.29, 0.717) is 17.5 Å². The van der Waals surface area contributed by atoms with Crippen molar-refractivity contribution in [3.63, 3.8) is 0 Å². The Bertz CT molecular complexity index is 617. The molecule has 2 aromatic carbocycles. The number of nitrogens with two attached hydrogens (primary N) is 1. The van der Waals surface area contributed by atoms with Crippen LogP contribution in [0.5, 0.6) is 0 Å². The Hall–Kier alpha value is -1.49. The van der Waals surface area contributed by atoms with Crippen molar-refractivity contribution in [3.05, 3.63) is 69.7 Å². The predicted molar refractivity (Wildman–Crippen MR) is 76.3 cm³/mol. The summed E-state index contributed by atoms with van der Waals surface area (Å²) < 4.78 is 26.7. The first-order valence-electron chi connectivity index (χ1n) is 6.18. The maximum Gasteiger partial charge on any atom is 0.142 e. The molecule has 0 saturated heterocycles. The van der Waals surface area contributed by atoms with Crippen molar-refractivity contribution in [1.29, 1.82) is 0 Å². The Morgan fingerprint density at radius 1 is 1.20 bits per heavy atom. The molecule has 0 saturated carbocycles. The molecule has 0 radical (unpaired) electrons. The van der Waals surface area contributed by atoms with Gasteiger partial charge in [0.2, 0.25) is 0 Å². The van der Waals surface area contributed by atoms with E-state index in [-0.39, 0.29) is 16.9 Å². The molecule has 0 fully saturated rings. The number of benzene rings is 2. The van der Waals surface area contributed by atoms with E-state index in [1.54, 1.807) is 31.2 Å². The fourth-order valence-corrected chi connectivity index (χ4v) is 2.29. The highest BCUT2D eigenvalue weighted by Crippen LogP contribution is 2.26. The lowest BCUT2D eigenvalue weighted by atomic mass is 9.98. The monoisotopic (exact) mass is 296 g/mol. The van der Waals surface area contributed by atoms with Crippen LogP contribution in [0.3, 0.4) is 0 Å². The summed E-state index contributed by atoms with van der Waals surface area (Å²) in [5, 5.41) is 0.0894. The highest BCUT2D eigenvalue weighted by atomic mass is 35.5. The van der Waals surface area contributed by atoms with Crippen LogP contribution in [0.4, 0.5) is 8.78 Å². The minimum atomic E-state index is -0.463. The van der Waals surface area contributed by atoms with Crippen LogP contribution in [0.1, 0.15) is 22.7 Å². The molecular weight excluding hydrogens is 282 g/mol. The summed E-state index contributed by atoms with van der Waals surface area (Å²) in [5.74, 6) is 4.82. The third-order valence-electron chi connectivity index (χ3n) is 3.24. The minimum Gasteiger partial charge on any atom is -0.271 e. The van der Waals surface area contributed by atoms with Crippen LogP contribution in [-0.2, 0) is 6.42 Å². The first kappa shape index (κ1) is 14.9. The number of rotatable bonds is 4. The van der Waals surface area contributed by atoms with Crippen molar-refractivity contribution in [2.24, 2.45) is 5.84 Å². The normalized spacial score (nSPS) is 12.4. The largest absolute Gasteiger partial charge is 0.271 e. The molecule has 1 unspecified atom stereocenters. The molecule has 2 nitrogen and oxygen atoms in total. The van der Waals surface area contributed by atoms with Crippen LogP contribution in [-0.4, -0.2) is 0 Å². The van der Waals surface area contributed by atoms with Crippen LogP contribution in [0.2, 0.25) is 5.02 Å². The molecule has 3 N–H and O–H groups in total. The summed E-state index contributed by atoms with van der Waals surface area (Å²) in [6.07, 6.45) is 0.415. The van der Waals surface area contributed by atoms with Gasteiger partial charge in [0, 0.05) is 0 Å². The Labute approximate surface area is 121 Å². The molecule has 106 valence electrons. The van der Waals surface area contributed by atoms with Gasteiger partial charge in [0.25, 0.3) is 0 Å². The van der Waals surface area contributed by atoms with Crippen LogP contribution < -0.4 is 11.3 Å². The molecule has 1 atom stereocenters. The van der Waals surface area contributed by atoms with Gasteiger partial charge in [-0.2, -0.15) is 0 Å². The molecule has 5 heteroatoms. The Balaban J connectivity index is 2.28. The maximum atomic E-state index is 13.4. The highest BCUT2D eigenvalue weighted by Gasteiger charge is 2.15. The SMILES string of the molecule is Cc1cc(C(Cc2cccc(F)c2Cl)NN)ccc1F. The van der Waals surface area contributed by atoms with Gasteiger partial charge in [0.05, 0.1) is 11.1 Å². The molecule has 0 heterocycles. The molecule has 0 aromatic heterocycles. The predicted octanol–water partition coefficient (Wildman–Crippen LogP) is 3.67. The van der Waals surface area contributed by atoms with Crippen molar-refractivity contribution in [1.82, 2.24) is 5.43 Å². The molecule has 2 aromatic rings. The summed E-state index contributed by atoms with van der Waals surface area (Å²) in [5.41, 5.74) is 4.67. The Kier molecular flexibility index (Phi) is 4.70. The van der Waals surface area contributed by atoms with Gasteiger partial charge in [0.15, 0.2) is 0 Å². The number of aryl methyl sites for hydroxylation is 1. The molecule has 0 amide bonds. The van der Waals surface area contributed by atoms with Gasteiger partial charge in [-0.3, -0.25) is 11.3 Å². The van der Waals surface area contributed by atoms with E-state index in [0.717, 1.165) is 5.56 Å². The zero-order chi connectivity index (χ0) is 14.7. The smallest absolute Gasteiger partial charge is 0.142 e. The first-order valence-corrected chi connectivity index (χ1v) is 6.55. The van der Waals surface area contributed by atoms with Gasteiger partial charge >= 0.3 is 0 Å². The Morgan fingerprint density at radius 3 is 2.60 bits per heavy atom. The molecular formula is C15H15ClF2N2. The second-order valence-corrected chi connectivity index (χ2v) is 5.02. The second kappa shape index (κ2) is 6.31. The average Bonchev–Trinajstić information content (AvgIpc) is 2.44. The van der Waals surface area contributed by atoms with Crippen molar-refractivity contribution >= 4 is 11.6 Å². The van der Waals surface area contributed by atoms with Gasteiger partial charge in [-0.1, -0.05) is 35.9 Å². The lowest BCUT2D eigenvalue weighted by molar-refractivity contribution is 0.545. The van der Waals surface area contributed by atoms with E-state index in [1.165, 1.54) is 12.1 Å². The Morgan fingerprint density at radius 2 is 1.95 bits per heavy atom. The van der Waals surface area contributed by atoms with Crippen LogP contribution in [0, 0.1) is 18.6 Å². The molecule has 0 spiro atoms. The van der Waals surface area contributed by atoms with Crippen LogP contribution in [0.15, 0.2) is 36.4 Å². The third-order valence-corrected chi connectivity index (χ3v) is 3.66. The van der Waals surface area contributed by atoms with Crippen LogP contribution in [0.25, 0.3) is 0 Å². The van der Waals surface area contributed by atoms with Gasteiger partial charge in [0.1, 0.15) is 11.6 Å². The molecule has 2 rings (SSSR count). The van der Waals surface area contributed by atoms with Crippen molar-refractivity contribution in [2.45, 2.75) is 19.4 Å². The zero-order valence-corrected chi connectivity index (χ0v) is 11.7. The van der Waals surface area contributed by atoms with Gasteiger partial charge in [-0.05, 0) is 42.2 Å². The fraction of sp³-hybridized carbons (Fsp3) is 0.200. The van der Waals surface area contributed by atoms with E-state index < -0.39 is 5.82 Å². The van der Waals surface area contributed by atoms with Gasteiger partial charge in [-0.25, -0.2) is 8.78 Å². The van der Waals surface area contributed by atoms with E-state index in [9.17, 15) is 8.78 Å². The summed E-state index contributed by atoms with van der Waals surface area (Å²) in [6, 6.07) is 9.13. The third kappa shape index (κ3) is 3.15. The first-order chi connectivity index (χ1) is 9.52. The quantitative estimate of drug-likeness (QED) is 0.667. The summed E-state index contributed by atoms with van der Waals surface area (Å²) in [7, 11) is 0. The zero-order valence-electron chi connectivity index (χ0n) is 11.0. The molecule has 0 aliphatic rings. The van der Waals surface area contributed by atoms with E-state index >= 15 is 0 Å². The lowest BCUT2D eigenvalue weighted by Crippen LogP contribution is -2.29. The topological polar surface area (TPSA) is 38.0 Å². The maximum absolute atomic E-state index is 13.4. The van der Waals surface area contributed by atoms with Gasteiger partial charge in [-0.15, -0.1) is 0 Å². The molecule has 20 heavy (non-hydrogen) atoms. The number of nitrogens with one attached hydrogen (secondary N) is 1. The number of hydrogen-bond donors (Lipinski definition) is 2. The molecule has 0 bridgehead atoms. The number of hydrogen-bond acceptors (Lipinski definition) is 2. The van der Waals surface area contributed by atoms with Crippen molar-refractivity contribution in [2.75, 3.05) is 0 Å². The fourth-order valence-electron chi connectivity index (χ4n) is 2.08. The molecule has 0 aliphatic carbocycles.